The molecule has 27 heavy (non-hydrogen) atoms. The van der Waals surface area contributed by atoms with Gasteiger partial charge in [-0.05, 0) is 32.9 Å². The first-order valence-corrected chi connectivity index (χ1v) is 9.05. The third-order valence-corrected chi connectivity index (χ3v) is 4.92. The number of hydrogen-bond donors (Lipinski definition) is 2. The van der Waals surface area contributed by atoms with E-state index in [0.29, 0.717) is 17.5 Å². The van der Waals surface area contributed by atoms with Crippen LogP contribution in [0, 0.1) is 6.92 Å². The van der Waals surface area contributed by atoms with E-state index in [9.17, 15) is 9.59 Å². The van der Waals surface area contributed by atoms with Crippen molar-refractivity contribution in [2.45, 2.75) is 38.8 Å². The summed E-state index contributed by atoms with van der Waals surface area (Å²) < 4.78 is 6.07. The molecule has 138 valence electrons. The normalized spacial score (nSPS) is 17.8. The Balaban J connectivity index is 1.74. The van der Waals surface area contributed by atoms with Crippen molar-refractivity contribution in [1.82, 2.24) is 10.3 Å². The van der Waals surface area contributed by atoms with Crippen molar-refractivity contribution >= 4 is 16.8 Å². The lowest BCUT2D eigenvalue weighted by Gasteiger charge is -2.38. The van der Waals surface area contributed by atoms with Gasteiger partial charge in [0.15, 0.2) is 0 Å². The smallest absolute Gasteiger partial charge is 0.252 e. The number of ether oxygens (including phenoxy) is 1. The highest BCUT2D eigenvalue weighted by molar-refractivity contribution is 6.06. The number of aromatic nitrogens is 1. The van der Waals surface area contributed by atoms with Gasteiger partial charge < -0.3 is 15.0 Å². The number of nitrogens with one attached hydrogen (secondary N) is 2. The maximum absolute atomic E-state index is 13.1. The number of pyridine rings is 1. The highest BCUT2D eigenvalue weighted by Crippen LogP contribution is 2.40. The van der Waals surface area contributed by atoms with Crippen LogP contribution in [0.5, 0.6) is 5.75 Å². The van der Waals surface area contributed by atoms with Crippen LogP contribution >= 0.6 is 0 Å². The minimum atomic E-state index is -0.392. The zero-order valence-electron chi connectivity index (χ0n) is 15.6. The van der Waals surface area contributed by atoms with Gasteiger partial charge >= 0.3 is 0 Å². The number of rotatable bonds is 2. The molecule has 1 atom stereocenters. The van der Waals surface area contributed by atoms with Gasteiger partial charge in [-0.25, -0.2) is 0 Å². The van der Waals surface area contributed by atoms with Crippen molar-refractivity contribution in [2.75, 3.05) is 0 Å². The summed E-state index contributed by atoms with van der Waals surface area (Å²) in [5, 5.41) is 3.85. The lowest BCUT2D eigenvalue weighted by atomic mass is 9.88. The number of hydrogen-bond acceptors (Lipinski definition) is 3. The first-order valence-electron chi connectivity index (χ1n) is 9.05. The lowest BCUT2D eigenvalue weighted by Crippen LogP contribution is -2.41. The summed E-state index contributed by atoms with van der Waals surface area (Å²) in [7, 11) is 0. The minimum absolute atomic E-state index is 0.186. The van der Waals surface area contributed by atoms with E-state index in [0.717, 1.165) is 22.3 Å². The number of benzene rings is 2. The summed E-state index contributed by atoms with van der Waals surface area (Å²) in [4.78, 5) is 27.8. The third kappa shape index (κ3) is 3.33. The van der Waals surface area contributed by atoms with Gasteiger partial charge in [-0.3, -0.25) is 9.59 Å². The second kappa shape index (κ2) is 6.27. The number of H-pyrrole nitrogens is 1. The molecule has 1 aliphatic rings. The van der Waals surface area contributed by atoms with Crippen molar-refractivity contribution in [2.24, 2.45) is 0 Å². The summed E-state index contributed by atoms with van der Waals surface area (Å²) >= 11 is 0. The maximum atomic E-state index is 13.1. The highest BCUT2D eigenvalue weighted by atomic mass is 16.5. The van der Waals surface area contributed by atoms with Crippen molar-refractivity contribution in [3.05, 3.63) is 75.6 Å². The molecule has 3 aromatic rings. The third-order valence-electron chi connectivity index (χ3n) is 4.92. The minimum Gasteiger partial charge on any atom is -0.487 e. The van der Waals surface area contributed by atoms with Gasteiger partial charge in [0.1, 0.15) is 11.4 Å². The van der Waals surface area contributed by atoms with Crippen LogP contribution in [-0.4, -0.2) is 16.5 Å². The molecule has 2 N–H and O–H groups in total. The van der Waals surface area contributed by atoms with E-state index in [2.05, 4.69) is 10.3 Å². The summed E-state index contributed by atoms with van der Waals surface area (Å²) in [5.74, 6) is 0.533. The van der Waals surface area contributed by atoms with E-state index in [4.69, 9.17) is 4.74 Å². The fourth-order valence-electron chi connectivity index (χ4n) is 3.73. The summed E-state index contributed by atoms with van der Waals surface area (Å²) in [6.45, 7) is 6.04. The molecule has 1 aromatic heterocycles. The van der Waals surface area contributed by atoms with E-state index in [1.807, 2.05) is 57.2 Å². The Morgan fingerprint density at radius 3 is 2.78 bits per heavy atom. The number of para-hydroxylation sites is 1. The molecule has 1 aliphatic heterocycles. The molecule has 0 aliphatic carbocycles. The zero-order valence-corrected chi connectivity index (χ0v) is 15.6. The molecule has 2 heterocycles. The molecule has 0 unspecified atom stereocenters. The fraction of sp³-hybridized carbons (Fsp3) is 0.273. The molecule has 5 nitrogen and oxygen atoms in total. The van der Waals surface area contributed by atoms with Gasteiger partial charge in [0.2, 0.25) is 5.56 Å². The van der Waals surface area contributed by atoms with Crippen molar-refractivity contribution < 1.29 is 9.53 Å². The van der Waals surface area contributed by atoms with Gasteiger partial charge in [-0.2, -0.15) is 0 Å². The molecule has 0 fully saturated rings. The average molecular weight is 362 g/mol. The SMILES string of the molecule is Cc1ccc2c(c1)[C@H](NC(=O)c1cc(=O)[nH]c3ccccc13)CC(C)(C)O2. The summed E-state index contributed by atoms with van der Waals surface area (Å²) in [6, 6.07) is 14.5. The predicted octanol–water partition coefficient (Wildman–Crippen LogP) is 3.87. The second-order valence-corrected chi connectivity index (χ2v) is 7.73. The summed E-state index contributed by atoms with van der Waals surface area (Å²) in [5.41, 5.74) is 2.43. The maximum Gasteiger partial charge on any atom is 0.252 e. The number of aryl methyl sites for hydroxylation is 1. The quantitative estimate of drug-likeness (QED) is 0.727. The van der Waals surface area contributed by atoms with Crippen molar-refractivity contribution in [3.8, 4) is 5.75 Å². The zero-order chi connectivity index (χ0) is 19.2. The monoisotopic (exact) mass is 362 g/mol. The largest absolute Gasteiger partial charge is 0.487 e. The van der Waals surface area contributed by atoms with Crippen LogP contribution in [0.3, 0.4) is 0 Å². The van der Waals surface area contributed by atoms with Crippen LogP contribution in [-0.2, 0) is 0 Å². The molecule has 1 amide bonds. The van der Waals surface area contributed by atoms with Crippen molar-refractivity contribution in [1.29, 1.82) is 0 Å². The Kier molecular flexibility index (Phi) is 4.02. The van der Waals surface area contributed by atoms with Crippen LogP contribution in [0.2, 0.25) is 0 Å². The molecular weight excluding hydrogens is 340 g/mol. The van der Waals surface area contributed by atoms with E-state index in [1.54, 1.807) is 6.07 Å². The topological polar surface area (TPSA) is 71.2 Å². The molecule has 5 heteroatoms. The first kappa shape index (κ1) is 17.3. The van der Waals surface area contributed by atoms with Gasteiger partial charge in [0.25, 0.3) is 5.91 Å². The van der Waals surface area contributed by atoms with E-state index >= 15 is 0 Å². The molecule has 2 aromatic carbocycles. The lowest BCUT2D eigenvalue weighted by molar-refractivity contribution is 0.0619. The summed E-state index contributed by atoms with van der Waals surface area (Å²) in [6.07, 6.45) is 0.649. The van der Waals surface area contributed by atoms with Crippen LogP contribution < -0.4 is 15.6 Å². The number of carbonyl (C=O) groups excluding carboxylic acids is 1. The second-order valence-electron chi connectivity index (χ2n) is 7.73. The molecule has 0 radical (unpaired) electrons. The number of carbonyl (C=O) groups is 1. The van der Waals surface area contributed by atoms with Crippen LogP contribution in [0.25, 0.3) is 10.9 Å². The standard InChI is InChI=1S/C22H22N2O3/c1-13-8-9-19-16(10-13)18(12-22(2,3)27-19)24-21(26)15-11-20(25)23-17-7-5-4-6-14(15)17/h4-11,18H,12H2,1-3H3,(H,23,25)(H,24,26)/t18-/m1/s1. The molecule has 0 spiro atoms. The molecule has 4 rings (SSSR count). The van der Waals surface area contributed by atoms with Gasteiger partial charge in [0, 0.05) is 29.0 Å². The molecule has 0 saturated heterocycles. The van der Waals surface area contributed by atoms with E-state index < -0.39 is 5.60 Å². The van der Waals surface area contributed by atoms with Gasteiger partial charge in [-0.15, -0.1) is 0 Å². The molecular formula is C22H22N2O3. The van der Waals surface area contributed by atoms with Crippen LogP contribution in [0.15, 0.2) is 53.3 Å². The van der Waals surface area contributed by atoms with Gasteiger partial charge in [0.05, 0.1) is 11.6 Å². The Morgan fingerprint density at radius 2 is 1.96 bits per heavy atom. The predicted molar refractivity (Wildman–Crippen MR) is 105 cm³/mol. The number of aromatic amines is 1. The van der Waals surface area contributed by atoms with E-state index in [1.165, 1.54) is 6.07 Å². The van der Waals surface area contributed by atoms with Gasteiger partial charge in [-0.1, -0.05) is 35.9 Å². The fourth-order valence-corrected chi connectivity index (χ4v) is 3.73. The number of fused-ring (bicyclic) bond motifs is 2. The van der Waals surface area contributed by atoms with E-state index in [-0.39, 0.29) is 17.5 Å². The molecule has 0 bridgehead atoms. The van der Waals surface area contributed by atoms with Crippen LogP contribution in [0.4, 0.5) is 0 Å². The van der Waals surface area contributed by atoms with Crippen LogP contribution in [0.1, 0.15) is 47.8 Å². The Hall–Kier alpha value is -3.08. The highest BCUT2D eigenvalue weighted by Gasteiger charge is 2.34. The first-order chi connectivity index (χ1) is 12.8. The average Bonchev–Trinajstić information content (AvgIpc) is 2.61. The Bertz CT molecular complexity index is 1100. The number of amides is 1. The Morgan fingerprint density at radius 1 is 1.19 bits per heavy atom. The van der Waals surface area contributed by atoms with Crippen molar-refractivity contribution in [3.63, 3.8) is 0 Å². The molecule has 0 saturated carbocycles. The Labute approximate surface area is 157 Å².